The average Bonchev–Trinajstić information content (AvgIpc) is 2.80. The molecule has 1 aromatic heterocycles. The molecule has 3 aromatic rings. The number of hydrogen-bond donors (Lipinski definition) is 1. The lowest BCUT2D eigenvalue weighted by Crippen LogP contribution is -2.37. The van der Waals surface area contributed by atoms with Crippen LogP contribution in [0.25, 0.3) is 6.08 Å². The summed E-state index contributed by atoms with van der Waals surface area (Å²) in [5.41, 5.74) is 2.63. The number of pyridine rings is 1. The maximum atomic E-state index is 13.5. The van der Waals surface area contributed by atoms with E-state index in [1.165, 1.54) is 22.6 Å². The highest BCUT2D eigenvalue weighted by Gasteiger charge is 2.31. The predicted octanol–water partition coefficient (Wildman–Crippen LogP) is 5.32. The summed E-state index contributed by atoms with van der Waals surface area (Å²) >= 11 is 6.35. The van der Waals surface area contributed by atoms with Crippen molar-refractivity contribution >= 4 is 39.4 Å². The summed E-state index contributed by atoms with van der Waals surface area (Å²) in [7, 11) is -3.96. The Morgan fingerprint density at radius 2 is 1.88 bits per heavy atom. The number of halogens is 1. The summed E-state index contributed by atoms with van der Waals surface area (Å²) in [5.74, 6) is -0.704. The third kappa shape index (κ3) is 5.95. The van der Waals surface area contributed by atoms with Crippen molar-refractivity contribution in [2.75, 3.05) is 4.31 Å². The van der Waals surface area contributed by atoms with E-state index in [9.17, 15) is 13.2 Å². The second-order valence-corrected chi connectivity index (χ2v) is 10.0. The number of carbonyl (C=O) groups is 1. The van der Waals surface area contributed by atoms with E-state index in [2.05, 4.69) is 4.98 Å². The molecule has 0 aliphatic rings. The van der Waals surface area contributed by atoms with E-state index in [-0.39, 0.29) is 11.6 Å². The normalized spacial score (nSPS) is 11.7. The number of carboxylic acid groups (broad SMARTS) is 1. The Bertz CT molecular complexity index is 1290. The smallest absolute Gasteiger partial charge is 0.328 e. The number of rotatable bonds is 9. The van der Waals surface area contributed by atoms with Crippen molar-refractivity contribution in [1.29, 1.82) is 0 Å². The number of aryl methyl sites for hydroxylation is 1. The molecule has 0 amide bonds. The third-order valence-electron chi connectivity index (χ3n) is 4.90. The van der Waals surface area contributed by atoms with E-state index >= 15 is 0 Å². The van der Waals surface area contributed by atoms with Crippen molar-refractivity contribution in [3.8, 4) is 5.75 Å². The van der Waals surface area contributed by atoms with Gasteiger partial charge < -0.3 is 9.84 Å². The van der Waals surface area contributed by atoms with Gasteiger partial charge in [0.05, 0.1) is 5.69 Å². The SMILES string of the molecule is Cc1cc(N(C(C)C)S(=O)(=O)c2ccccn2)c(OCc2ccc(/C=C/C(=O)O)cc2)cc1Cl. The van der Waals surface area contributed by atoms with Gasteiger partial charge in [0.2, 0.25) is 0 Å². The van der Waals surface area contributed by atoms with Crippen LogP contribution in [0.3, 0.4) is 0 Å². The first-order valence-electron chi connectivity index (χ1n) is 10.5. The molecule has 2 aromatic carbocycles. The summed E-state index contributed by atoms with van der Waals surface area (Å²) in [6.07, 6.45) is 3.99. The zero-order chi connectivity index (χ0) is 24.9. The van der Waals surface area contributed by atoms with E-state index in [1.54, 1.807) is 57.2 Å². The Kier molecular flexibility index (Phi) is 7.96. The molecule has 0 radical (unpaired) electrons. The van der Waals surface area contributed by atoms with Gasteiger partial charge in [-0.2, -0.15) is 8.42 Å². The molecule has 0 spiro atoms. The first-order chi connectivity index (χ1) is 16.1. The number of anilines is 1. The first kappa shape index (κ1) is 25.3. The molecule has 9 heteroatoms. The molecule has 0 unspecified atom stereocenters. The number of hydrogen-bond acceptors (Lipinski definition) is 5. The van der Waals surface area contributed by atoms with Gasteiger partial charge in [-0.05, 0) is 61.7 Å². The fourth-order valence-electron chi connectivity index (χ4n) is 3.28. The zero-order valence-electron chi connectivity index (χ0n) is 19.0. The van der Waals surface area contributed by atoms with Gasteiger partial charge in [0.15, 0.2) is 5.03 Å². The number of nitrogens with zero attached hydrogens (tertiary/aromatic N) is 2. The molecular formula is C25H25ClN2O5S. The maximum Gasteiger partial charge on any atom is 0.328 e. The second-order valence-electron chi connectivity index (χ2n) is 7.83. The Morgan fingerprint density at radius 3 is 2.47 bits per heavy atom. The largest absolute Gasteiger partial charge is 0.487 e. The van der Waals surface area contributed by atoms with Crippen LogP contribution in [-0.4, -0.2) is 30.5 Å². The summed E-state index contributed by atoms with van der Waals surface area (Å²) in [5, 5.41) is 9.14. The fraction of sp³-hybridized carbons (Fsp3) is 0.200. The highest BCUT2D eigenvalue weighted by molar-refractivity contribution is 7.92. The molecule has 0 aliphatic heterocycles. The third-order valence-corrected chi connectivity index (χ3v) is 7.21. The molecule has 0 saturated carbocycles. The fourth-order valence-corrected chi connectivity index (χ4v) is 5.03. The Morgan fingerprint density at radius 1 is 1.18 bits per heavy atom. The number of benzene rings is 2. The molecule has 0 aliphatic carbocycles. The average molecular weight is 501 g/mol. The number of sulfonamides is 1. The lowest BCUT2D eigenvalue weighted by atomic mass is 10.1. The molecule has 178 valence electrons. The van der Waals surface area contributed by atoms with E-state index in [0.29, 0.717) is 22.0 Å². The van der Waals surface area contributed by atoms with Gasteiger partial charge >= 0.3 is 5.97 Å². The van der Waals surface area contributed by atoms with E-state index in [4.69, 9.17) is 21.4 Å². The Hall–Kier alpha value is -3.36. The summed E-state index contributed by atoms with van der Waals surface area (Å²) < 4.78 is 34.3. The molecule has 0 saturated heterocycles. The maximum absolute atomic E-state index is 13.5. The van der Waals surface area contributed by atoms with E-state index in [0.717, 1.165) is 17.2 Å². The van der Waals surface area contributed by atoms with Crippen molar-refractivity contribution in [3.63, 3.8) is 0 Å². The topological polar surface area (TPSA) is 96.8 Å². The van der Waals surface area contributed by atoms with Crippen LogP contribution in [0.4, 0.5) is 5.69 Å². The Labute approximate surface area is 204 Å². The van der Waals surface area contributed by atoms with Gasteiger partial charge in [-0.3, -0.25) is 4.31 Å². The van der Waals surface area contributed by atoms with Crippen LogP contribution in [0.2, 0.25) is 5.02 Å². The monoisotopic (exact) mass is 500 g/mol. The van der Waals surface area contributed by atoms with Gasteiger partial charge in [-0.15, -0.1) is 0 Å². The van der Waals surface area contributed by atoms with Crippen molar-refractivity contribution in [2.45, 2.75) is 38.4 Å². The summed E-state index contributed by atoms with van der Waals surface area (Å²) in [6, 6.07) is 14.8. The molecule has 0 bridgehead atoms. The van der Waals surface area contributed by atoms with E-state index in [1.807, 2.05) is 12.1 Å². The van der Waals surface area contributed by atoms with Crippen molar-refractivity contribution in [1.82, 2.24) is 4.98 Å². The van der Waals surface area contributed by atoms with E-state index < -0.39 is 22.0 Å². The lowest BCUT2D eigenvalue weighted by Gasteiger charge is -2.30. The highest BCUT2D eigenvalue weighted by atomic mass is 35.5. The van der Waals surface area contributed by atoms with Crippen molar-refractivity contribution < 1.29 is 23.1 Å². The molecule has 0 atom stereocenters. The van der Waals surface area contributed by atoms with Crippen LogP contribution < -0.4 is 9.04 Å². The number of aliphatic carboxylic acids is 1. The first-order valence-corrected chi connectivity index (χ1v) is 12.3. The van der Waals surface area contributed by atoms with Crippen LogP contribution in [0, 0.1) is 6.92 Å². The second kappa shape index (κ2) is 10.7. The van der Waals surface area contributed by atoms with Gasteiger partial charge in [-0.25, -0.2) is 9.78 Å². The number of carboxylic acids is 1. The highest BCUT2D eigenvalue weighted by Crippen LogP contribution is 2.38. The van der Waals surface area contributed by atoms with Crippen LogP contribution in [0.5, 0.6) is 5.75 Å². The van der Waals surface area contributed by atoms with Crippen LogP contribution in [0.15, 0.2) is 71.9 Å². The molecule has 7 nitrogen and oxygen atoms in total. The van der Waals surface area contributed by atoms with Crippen molar-refractivity contribution in [2.24, 2.45) is 0 Å². The van der Waals surface area contributed by atoms with Gasteiger partial charge in [-0.1, -0.05) is 41.9 Å². The quantitative estimate of drug-likeness (QED) is 0.399. The molecule has 1 heterocycles. The lowest BCUT2D eigenvalue weighted by molar-refractivity contribution is -0.131. The van der Waals surface area contributed by atoms with Crippen LogP contribution in [-0.2, 0) is 21.4 Å². The standard InChI is InChI=1S/C25H25ClN2O5S/c1-17(2)28(34(31,32)24-6-4-5-13-27-24)22-14-18(3)21(26)15-23(22)33-16-20-9-7-19(8-10-20)11-12-25(29)30/h4-15,17H,16H2,1-3H3,(H,29,30)/b12-11+. The number of aromatic nitrogens is 1. The minimum atomic E-state index is -3.96. The molecular weight excluding hydrogens is 476 g/mol. The van der Waals surface area contributed by atoms with Crippen molar-refractivity contribution in [3.05, 3.63) is 88.6 Å². The van der Waals surface area contributed by atoms with Gasteiger partial charge in [0.25, 0.3) is 10.0 Å². The Balaban J connectivity index is 1.95. The summed E-state index contributed by atoms with van der Waals surface area (Å²) in [4.78, 5) is 14.7. The molecule has 1 N–H and O–H groups in total. The zero-order valence-corrected chi connectivity index (χ0v) is 20.5. The van der Waals surface area contributed by atoms with Gasteiger partial charge in [0, 0.05) is 29.4 Å². The minimum absolute atomic E-state index is 0.0627. The predicted molar refractivity (Wildman–Crippen MR) is 133 cm³/mol. The van der Waals surface area contributed by atoms with Crippen LogP contribution >= 0.6 is 11.6 Å². The number of ether oxygens (including phenoxy) is 1. The molecule has 0 fully saturated rings. The molecule has 34 heavy (non-hydrogen) atoms. The molecule has 3 rings (SSSR count). The van der Waals surface area contributed by atoms with Gasteiger partial charge in [0.1, 0.15) is 12.4 Å². The summed E-state index contributed by atoms with van der Waals surface area (Å²) in [6.45, 7) is 5.50. The minimum Gasteiger partial charge on any atom is -0.487 e. The van der Waals surface area contributed by atoms with Crippen LogP contribution in [0.1, 0.15) is 30.5 Å².